The molecule has 3 nitrogen and oxygen atoms in total. The largest absolute Gasteiger partial charge is 0.504 e. The van der Waals surface area contributed by atoms with Crippen molar-refractivity contribution in [2.45, 2.75) is 20.0 Å². The van der Waals surface area contributed by atoms with Gasteiger partial charge < -0.3 is 15.2 Å². The van der Waals surface area contributed by atoms with Crippen LogP contribution in [-0.2, 0) is 13.1 Å². The van der Waals surface area contributed by atoms with Gasteiger partial charge in [-0.25, -0.2) is 0 Å². The topological polar surface area (TPSA) is 41.5 Å². The number of ether oxygens (including phenoxy) is 1. The maximum atomic E-state index is 9.70. The monoisotopic (exact) mass is 257 g/mol. The van der Waals surface area contributed by atoms with Crippen molar-refractivity contribution in [3.05, 3.63) is 59.2 Å². The van der Waals surface area contributed by atoms with Crippen LogP contribution in [0.1, 0.15) is 16.7 Å². The summed E-state index contributed by atoms with van der Waals surface area (Å²) in [5.74, 6) is 0.681. The number of hydrogen-bond donors (Lipinski definition) is 2. The highest BCUT2D eigenvalue weighted by Gasteiger charge is 2.02. The fourth-order valence-corrected chi connectivity index (χ4v) is 2.00. The highest BCUT2D eigenvalue weighted by Crippen LogP contribution is 2.26. The molecule has 19 heavy (non-hydrogen) atoms. The summed E-state index contributed by atoms with van der Waals surface area (Å²) in [5.41, 5.74) is 3.61. The van der Waals surface area contributed by atoms with Crippen LogP contribution in [-0.4, -0.2) is 12.2 Å². The van der Waals surface area contributed by atoms with E-state index in [1.807, 2.05) is 18.2 Å². The lowest BCUT2D eigenvalue weighted by molar-refractivity contribution is 0.373. The average molecular weight is 257 g/mol. The molecule has 0 atom stereocenters. The Morgan fingerprint density at radius 1 is 1.11 bits per heavy atom. The highest BCUT2D eigenvalue weighted by molar-refractivity contribution is 5.41. The number of rotatable bonds is 5. The van der Waals surface area contributed by atoms with E-state index in [1.54, 1.807) is 19.2 Å². The first-order valence-corrected chi connectivity index (χ1v) is 6.32. The van der Waals surface area contributed by atoms with Gasteiger partial charge in [0, 0.05) is 13.1 Å². The number of aryl methyl sites for hydroxylation is 1. The minimum Gasteiger partial charge on any atom is -0.504 e. The molecule has 0 unspecified atom stereocenters. The molecule has 2 aromatic carbocycles. The summed E-state index contributed by atoms with van der Waals surface area (Å²) >= 11 is 0. The van der Waals surface area contributed by atoms with Gasteiger partial charge in [0.2, 0.25) is 0 Å². The standard InChI is InChI=1S/C16H19NO2/c1-12-5-3-4-6-14(12)11-17-10-13-7-8-16(19-2)15(18)9-13/h3-9,17-18H,10-11H2,1-2H3. The molecule has 0 heterocycles. The zero-order valence-corrected chi connectivity index (χ0v) is 11.3. The molecule has 100 valence electrons. The van der Waals surface area contributed by atoms with Crippen LogP contribution in [0.3, 0.4) is 0 Å². The average Bonchev–Trinajstić information content (AvgIpc) is 2.41. The molecule has 0 aliphatic heterocycles. The molecule has 0 saturated carbocycles. The van der Waals surface area contributed by atoms with Crippen LogP contribution in [0.15, 0.2) is 42.5 Å². The first-order chi connectivity index (χ1) is 9.20. The van der Waals surface area contributed by atoms with Gasteiger partial charge in [-0.2, -0.15) is 0 Å². The minimum absolute atomic E-state index is 0.178. The molecular weight excluding hydrogens is 238 g/mol. The summed E-state index contributed by atoms with van der Waals surface area (Å²) in [7, 11) is 1.55. The smallest absolute Gasteiger partial charge is 0.160 e. The summed E-state index contributed by atoms with van der Waals surface area (Å²) in [6.07, 6.45) is 0. The van der Waals surface area contributed by atoms with Gasteiger partial charge in [-0.15, -0.1) is 0 Å². The van der Waals surface area contributed by atoms with E-state index in [0.717, 1.165) is 12.1 Å². The Hall–Kier alpha value is -2.00. The van der Waals surface area contributed by atoms with Gasteiger partial charge in [-0.05, 0) is 35.7 Å². The fourth-order valence-electron chi connectivity index (χ4n) is 2.00. The molecule has 0 aliphatic carbocycles. The van der Waals surface area contributed by atoms with Crippen LogP contribution in [0.2, 0.25) is 0 Å². The van der Waals surface area contributed by atoms with Crippen LogP contribution in [0, 0.1) is 6.92 Å². The third kappa shape index (κ3) is 3.48. The van der Waals surface area contributed by atoms with Crippen molar-refractivity contribution in [3.8, 4) is 11.5 Å². The van der Waals surface area contributed by atoms with E-state index in [4.69, 9.17) is 4.74 Å². The Morgan fingerprint density at radius 2 is 1.89 bits per heavy atom. The van der Waals surface area contributed by atoms with E-state index in [9.17, 15) is 5.11 Å². The number of benzene rings is 2. The summed E-state index contributed by atoms with van der Waals surface area (Å²) in [6.45, 7) is 3.64. The second-order valence-corrected chi connectivity index (χ2v) is 4.54. The van der Waals surface area contributed by atoms with Crippen molar-refractivity contribution in [1.29, 1.82) is 0 Å². The Morgan fingerprint density at radius 3 is 2.58 bits per heavy atom. The summed E-state index contributed by atoms with van der Waals surface area (Å²) in [6, 6.07) is 13.8. The van der Waals surface area contributed by atoms with Crippen molar-refractivity contribution < 1.29 is 9.84 Å². The Balaban J connectivity index is 1.93. The van der Waals surface area contributed by atoms with E-state index in [2.05, 4.69) is 24.4 Å². The number of phenols is 1. The van der Waals surface area contributed by atoms with Gasteiger partial charge >= 0.3 is 0 Å². The maximum Gasteiger partial charge on any atom is 0.160 e. The van der Waals surface area contributed by atoms with E-state index in [-0.39, 0.29) is 5.75 Å². The van der Waals surface area contributed by atoms with Gasteiger partial charge in [0.25, 0.3) is 0 Å². The summed E-state index contributed by atoms with van der Waals surface area (Å²) in [5, 5.41) is 13.1. The van der Waals surface area contributed by atoms with Crippen molar-refractivity contribution in [3.63, 3.8) is 0 Å². The van der Waals surface area contributed by atoms with Crippen molar-refractivity contribution in [2.75, 3.05) is 7.11 Å². The molecule has 0 amide bonds. The number of nitrogens with one attached hydrogen (secondary N) is 1. The fraction of sp³-hybridized carbons (Fsp3) is 0.250. The van der Waals surface area contributed by atoms with E-state index in [1.165, 1.54) is 11.1 Å². The first kappa shape index (κ1) is 13.4. The van der Waals surface area contributed by atoms with Gasteiger partial charge in [0.05, 0.1) is 7.11 Å². The lowest BCUT2D eigenvalue weighted by atomic mass is 10.1. The predicted molar refractivity (Wildman–Crippen MR) is 76.4 cm³/mol. The van der Waals surface area contributed by atoms with Crippen LogP contribution in [0.25, 0.3) is 0 Å². The summed E-state index contributed by atoms with van der Waals surface area (Å²) in [4.78, 5) is 0. The molecular formula is C16H19NO2. The second kappa shape index (κ2) is 6.25. The molecule has 2 aromatic rings. The number of aromatic hydroxyl groups is 1. The normalized spacial score (nSPS) is 10.4. The van der Waals surface area contributed by atoms with Crippen LogP contribution in [0.5, 0.6) is 11.5 Å². The molecule has 0 aromatic heterocycles. The van der Waals surface area contributed by atoms with Crippen molar-refractivity contribution in [1.82, 2.24) is 5.32 Å². The van der Waals surface area contributed by atoms with Crippen LogP contribution >= 0.6 is 0 Å². The molecule has 0 spiro atoms. The van der Waals surface area contributed by atoms with Crippen LogP contribution < -0.4 is 10.1 Å². The van der Waals surface area contributed by atoms with Crippen LogP contribution in [0.4, 0.5) is 0 Å². The molecule has 2 N–H and O–H groups in total. The quantitative estimate of drug-likeness (QED) is 0.865. The van der Waals surface area contributed by atoms with Gasteiger partial charge in [-0.3, -0.25) is 0 Å². The minimum atomic E-state index is 0.178. The number of methoxy groups -OCH3 is 1. The maximum absolute atomic E-state index is 9.70. The lowest BCUT2D eigenvalue weighted by Crippen LogP contribution is -2.13. The molecule has 0 radical (unpaired) electrons. The Labute approximate surface area is 113 Å². The third-order valence-electron chi connectivity index (χ3n) is 3.15. The van der Waals surface area contributed by atoms with Gasteiger partial charge in [0.1, 0.15) is 0 Å². The predicted octanol–water partition coefficient (Wildman–Crippen LogP) is 3.00. The van der Waals surface area contributed by atoms with E-state index >= 15 is 0 Å². The Bertz CT molecular complexity index is 552. The van der Waals surface area contributed by atoms with Gasteiger partial charge in [0.15, 0.2) is 11.5 Å². The van der Waals surface area contributed by atoms with Crippen molar-refractivity contribution >= 4 is 0 Å². The molecule has 0 fully saturated rings. The van der Waals surface area contributed by atoms with Gasteiger partial charge in [-0.1, -0.05) is 30.3 Å². The second-order valence-electron chi connectivity index (χ2n) is 4.54. The van der Waals surface area contributed by atoms with E-state index < -0.39 is 0 Å². The number of hydrogen-bond acceptors (Lipinski definition) is 3. The zero-order valence-electron chi connectivity index (χ0n) is 11.3. The molecule has 0 bridgehead atoms. The number of phenolic OH excluding ortho intramolecular Hbond substituents is 1. The lowest BCUT2D eigenvalue weighted by Gasteiger charge is -2.09. The first-order valence-electron chi connectivity index (χ1n) is 6.32. The molecule has 0 saturated heterocycles. The van der Waals surface area contributed by atoms with Crippen molar-refractivity contribution in [2.24, 2.45) is 0 Å². The SMILES string of the molecule is COc1ccc(CNCc2ccccc2C)cc1O. The summed E-state index contributed by atoms with van der Waals surface area (Å²) < 4.78 is 5.02. The highest BCUT2D eigenvalue weighted by atomic mass is 16.5. The zero-order chi connectivity index (χ0) is 13.7. The molecule has 0 aliphatic rings. The molecule has 2 rings (SSSR count). The third-order valence-corrected chi connectivity index (χ3v) is 3.15. The van der Waals surface area contributed by atoms with E-state index in [0.29, 0.717) is 12.3 Å². The molecule has 3 heteroatoms. The Kier molecular flexibility index (Phi) is 4.42.